The van der Waals surface area contributed by atoms with Crippen molar-refractivity contribution in [2.45, 2.75) is 6.92 Å². The van der Waals surface area contributed by atoms with Gasteiger partial charge in [-0.15, -0.1) is 10.2 Å². The molecule has 3 aromatic rings. The summed E-state index contributed by atoms with van der Waals surface area (Å²) in [6.45, 7) is 4.65. The molecule has 1 fully saturated rings. The van der Waals surface area contributed by atoms with Crippen LogP contribution in [0.3, 0.4) is 0 Å². The van der Waals surface area contributed by atoms with Gasteiger partial charge in [0.05, 0.1) is 17.3 Å². The molecular formula is C24H23N5O2. The van der Waals surface area contributed by atoms with Crippen LogP contribution in [0.1, 0.15) is 11.1 Å². The highest BCUT2D eigenvalue weighted by Crippen LogP contribution is 2.20. The predicted molar refractivity (Wildman–Crippen MR) is 118 cm³/mol. The number of aromatic nitrogens is 2. The number of nitrogens with zero attached hydrogens (tertiary/aromatic N) is 5. The minimum Gasteiger partial charge on any atom is -0.484 e. The van der Waals surface area contributed by atoms with Gasteiger partial charge in [0.15, 0.2) is 12.4 Å². The summed E-state index contributed by atoms with van der Waals surface area (Å²) in [5.41, 5.74) is 3.66. The fraction of sp³-hybridized carbons (Fsp3) is 0.250. The number of carbonyl (C=O) groups excluding carboxylic acids is 1. The number of hydrogen-bond donors (Lipinski definition) is 0. The minimum atomic E-state index is -0.0511. The lowest BCUT2D eigenvalue weighted by Gasteiger charge is -2.35. The van der Waals surface area contributed by atoms with Gasteiger partial charge < -0.3 is 14.5 Å². The Labute approximate surface area is 181 Å². The third-order valence-corrected chi connectivity index (χ3v) is 5.30. The maximum absolute atomic E-state index is 12.5. The molecule has 0 unspecified atom stereocenters. The lowest BCUT2D eigenvalue weighted by molar-refractivity contribution is -0.133. The van der Waals surface area contributed by atoms with Crippen molar-refractivity contribution in [3.8, 4) is 23.1 Å². The topological polar surface area (TPSA) is 82.4 Å². The number of amides is 1. The van der Waals surface area contributed by atoms with Crippen molar-refractivity contribution >= 4 is 11.7 Å². The Morgan fingerprint density at radius 2 is 1.68 bits per heavy atom. The lowest BCUT2D eigenvalue weighted by atomic mass is 10.1. The maximum atomic E-state index is 12.5. The van der Waals surface area contributed by atoms with Crippen LogP contribution in [-0.4, -0.2) is 53.8 Å². The van der Waals surface area contributed by atoms with Crippen molar-refractivity contribution in [2.24, 2.45) is 0 Å². The first-order chi connectivity index (χ1) is 15.1. The first kappa shape index (κ1) is 20.4. The van der Waals surface area contributed by atoms with Crippen LogP contribution < -0.4 is 9.64 Å². The molecular weight excluding hydrogens is 390 g/mol. The highest BCUT2D eigenvalue weighted by atomic mass is 16.5. The molecule has 31 heavy (non-hydrogen) atoms. The van der Waals surface area contributed by atoms with Gasteiger partial charge >= 0.3 is 0 Å². The summed E-state index contributed by atoms with van der Waals surface area (Å²) in [7, 11) is 0. The summed E-state index contributed by atoms with van der Waals surface area (Å²) in [6, 6.07) is 21.0. The standard InChI is InChI=1S/C24H23N5O2/c1-18-2-6-20(7-3-18)22-10-11-23(27-26-22)28-12-14-29(15-13-28)24(30)17-31-21-8-4-19(16-25)5-9-21/h2-11H,12-15,17H2,1H3. The highest BCUT2D eigenvalue weighted by molar-refractivity contribution is 5.78. The average Bonchev–Trinajstić information content (AvgIpc) is 2.83. The number of piperazine rings is 1. The van der Waals surface area contributed by atoms with Crippen molar-refractivity contribution in [1.82, 2.24) is 15.1 Å². The van der Waals surface area contributed by atoms with Gasteiger partial charge in [0.25, 0.3) is 5.91 Å². The largest absolute Gasteiger partial charge is 0.484 e. The number of rotatable bonds is 5. The third-order valence-electron chi connectivity index (χ3n) is 5.30. The fourth-order valence-corrected chi connectivity index (χ4v) is 3.42. The van der Waals surface area contributed by atoms with Gasteiger partial charge in [-0.2, -0.15) is 5.26 Å². The molecule has 7 heteroatoms. The number of ether oxygens (including phenoxy) is 1. The summed E-state index contributed by atoms with van der Waals surface area (Å²) in [5, 5.41) is 17.6. The Hall–Kier alpha value is -3.92. The first-order valence-corrected chi connectivity index (χ1v) is 10.2. The monoisotopic (exact) mass is 413 g/mol. The summed E-state index contributed by atoms with van der Waals surface area (Å²) < 4.78 is 5.56. The second-order valence-electron chi connectivity index (χ2n) is 7.44. The Kier molecular flexibility index (Phi) is 6.08. The quantitative estimate of drug-likeness (QED) is 0.639. The van der Waals surface area contributed by atoms with Gasteiger partial charge in [-0.1, -0.05) is 29.8 Å². The van der Waals surface area contributed by atoms with Crippen LogP contribution in [0, 0.1) is 18.3 Å². The molecule has 1 saturated heterocycles. The van der Waals surface area contributed by atoms with Crippen molar-refractivity contribution in [3.63, 3.8) is 0 Å². The number of hydrogen-bond acceptors (Lipinski definition) is 6. The third kappa shape index (κ3) is 4.98. The number of anilines is 1. The molecule has 1 aliphatic heterocycles. The second-order valence-corrected chi connectivity index (χ2v) is 7.44. The van der Waals surface area contributed by atoms with Gasteiger partial charge in [0.2, 0.25) is 0 Å². The smallest absolute Gasteiger partial charge is 0.260 e. The Morgan fingerprint density at radius 1 is 0.968 bits per heavy atom. The Balaban J connectivity index is 1.28. The number of nitriles is 1. The maximum Gasteiger partial charge on any atom is 0.260 e. The first-order valence-electron chi connectivity index (χ1n) is 10.2. The molecule has 0 radical (unpaired) electrons. The molecule has 0 bridgehead atoms. The van der Waals surface area contributed by atoms with E-state index < -0.39 is 0 Å². The molecule has 1 aromatic heterocycles. The summed E-state index contributed by atoms with van der Waals surface area (Å²) in [5.74, 6) is 1.34. The van der Waals surface area contributed by atoms with E-state index in [1.165, 1.54) is 5.56 Å². The molecule has 2 aromatic carbocycles. The zero-order chi connectivity index (χ0) is 21.6. The highest BCUT2D eigenvalue weighted by Gasteiger charge is 2.22. The molecule has 0 aliphatic carbocycles. The number of aryl methyl sites for hydroxylation is 1. The molecule has 0 saturated carbocycles. The Bertz CT molecular complexity index is 1060. The van der Waals surface area contributed by atoms with Crippen LogP contribution >= 0.6 is 0 Å². The van der Waals surface area contributed by atoms with Crippen LogP contribution in [0.2, 0.25) is 0 Å². The van der Waals surface area contributed by atoms with E-state index in [1.54, 1.807) is 29.2 Å². The number of benzene rings is 2. The summed E-state index contributed by atoms with van der Waals surface area (Å²) in [4.78, 5) is 16.4. The van der Waals surface area contributed by atoms with Crippen LogP contribution in [0.25, 0.3) is 11.3 Å². The van der Waals surface area contributed by atoms with Gasteiger partial charge in [-0.25, -0.2) is 0 Å². The normalized spacial score (nSPS) is 13.5. The molecule has 4 rings (SSSR count). The lowest BCUT2D eigenvalue weighted by Crippen LogP contribution is -2.50. The zero-order valence-electron chi connectivity index (χ0n) is 17.4. The van der Waals surface area contributed by atoms with Crippen LogP contribution in [-0.2, 0) is 4.79 Å². The van der Waals surface area contributed by atoms with Crippen LogP contribution in [0.15, 0.2) is 60.7 Å². The van der Waals surface area contributed by atoms with Crippen molar-refractivity contribution in [3.05, 3.63) is 71.8 Å². The molecule has 1 amide bonds. The van der Waals surface area contributed by atoms with E-state index in [1.807, 2.05) is 24.3 Å². The Morgan fingerprint density at radius 3 is 2.29 bits per heavy atom. The van der Waals surface area contributed by atoms with Gasteiger partial charge in [0.1, 0.15) is 5.75 Å². The molecule has 7 nitrogen and oxygen atoms in total. The molecule has 156 valence electrons. The van der Waals surface area contributed by atoms with Crippen molar-refractivity contribution in [2.75, 3.05) is 37.7 Å². The summed E-state index contributed by atoms with van der Waals surface area (Å²) in [6.07, 6.45) is 0. The van der Waals surface area contributed by atoms with E-state index in [4.69, 9.17) is 10.00 Å². The average molecular weight is 413 g/mol. The SMILES string of the molecule is Cc1ccc(-c2ccc(N3CCN(C(=O)COc4ccc(C#N)cc4)CC3)nn2)cc1. The van der Waals surface area contributed by atoms with Crippen molar-refractivity contribution in [1.29, 1.82) is 5.26 Å². The van der Waals surface area contributed by atoms with Gasteiger partial charge in [-0.3, -0.25) is 4.79 Å². The van der Waals surface area contributed by atoms with E-state index in [-0.39, 0.29) is 12.5 Å². The van der Waals surface area contributed by atoms with Crippen LogP contribution in [0.5, 0.6) is 5.75 Å². The number of carbonyl (C=O) groups is 1. The molecule has 0 atom stereocenters. The minimum absolute atomic E-state index is 0.0169. The van der Waals surface area contributed by atoms with E-state index in [9.17, 15) is 4.79 Å². The zero-order valence-corrected chi connectivity index (χ0v) is 17.4. The van der Waals surface area contributed by atoms with Crippen LogP contribution in [0.4, 0.5) is 5.82 Å². The molecule has 0 spiro atoms. The molecule has 0 N–H and O–H groups in total. The van der Waals surface area contributed by atoms with Gasteiger partial charge in [-0.05, 0) is 43.3 Å². The van der Waals surface area contributed by atoms with E-state index in [2.05, 4.69) is 40.2 Å². The summed E-state index contributed by atoms with van der Waals surface area (Å²) >= 11 is 0. The fourth-order valence-electron chi connectivity index (χ4n) is 3.42. The van der Waals surface area contributed by atoms with E-state index in [0.717, 1.165) is 17.1 Å². The predicted octanol–water partition coefficient (Wildman–Crippen LogP) is 3.05. The molecule has 1 aliphatic rings. The van der Waals surface area contributed by atoms with Crippen molar-refractivity contribution < 1.29 is 9.53 Å². The molecule has 2 heterocycles. The second kappa shape index (κ2) is 9.26. The van der Waals surface area contributed by atoms with E-state index >= 15 is 0 Å². The van der Waals surface area contributed by atoms with E-state index in [0.29, 0.717) is 37.5 Å². The van der Waals surface area contributed by atoms with Gasteiger partial charge in [0, 0.05) is 31.7 Å².